The van der Waals surface area contributed by atoms with E-state index in [1.54, 1.807) is 0 Å². The zero-order valence-electron chi connectivity index (χ0n) is 34.0. The third-order valence-electron chi connectivity index (χ3n) is 12.1. The summed E-state index contributed by atoms with van der Waals surface area (Å²) in [4.78, 5) is 0. The maximum Gasteiger partial charge on any atom is 0.0926 e. The van der Waals surface area contributed by atoms with Crippen LogP contribution in [-0.4, -0.2) is 14.8 Å². The summed E-state index contributed by atoms with van der Waals surface area (Å²) in [6.45, 7) is 0.515. The van der Waals surface area contributed by atoms with Crippen LogP contribution in [-0.2, 0) is 6.67 Å². The number of benzene rings is 9. The summed E-state index contributed by atoms with van der Waals surface area (Å²) in [5, 5.41) is 17.6. The largest absolute Gasteiger partial charge is 0.367 e. The van der Waals surface area contributed by atoms with E-state index in [0.717, 1.165) is 39.1 Å². The monoisotopic (exact) mass is 794 g/mol. The van der Waals surface area contributed by atoms with Crippen molar-refractivity contribution < 1.29 is 0 Å². The summed E-state index contributed by atoms with van der Waals surface area (Å²) in [6.07, 6.45) is 1.94. The maximum absolute atomic E-state index is 9.00. The smallest absolute Gasteiger partial charge is 0.0926 e. The van der Waals surface area contributed by atoms with E-state index in [1.165, 1.54) is 60.4 Å². The van der Waals surface area contributed by atoms with Gasteiger partial charge in [-0.25, -0.2) is 0 Å². The lowest BCUT2D eigenvalue weighted by Gasteiger charge is -2.15. The molecule has 2 aromatic heterocycles. The topological polar surface area (TPSA) is 45.7 Å². The van der Waals surface area contributed by atoms with Gasteiger partial charge in [0, 0.05) is 32.9 Å². The van der Waals surface area contributed by atoms with Crippen molar-refractivity contribution in [3.05, 3.63) is 242 Å². The molecule has 62 heavy (non-hydrogen) atoms. The van der Waals surface area contributed by atoms with E-state index in [9.17, 15) is 0 Å². The second-order valence-corrected chi connectivity index (χ2v) is 15.8. The number of aromatic nitrogens is 2. The fourth-order valence-corrected chi connectivity index (χ4v) is 9.00. The molecule has 4 nitrogen and oxygen atoms in total. The van der Waals surface area contributed by atoms with Crippen LogP contribution in [0.1, 0.15) is 11.1 Å². The Hall–Kier alpha value is -8.21. The lowest BCUT2D eigenvalue weighted by molar-refractivity contribution is 0.696. The van der Waals surface area contributed by atoms with Crippen molar-refractivity contribution in [3.8, 4) is 39.1 Å². The van der Waals surface area contributed by atoms with Crippen LogP contribution in [0.25, 0.3) is 88.4 Å². The first-order valence-electron chi connectivity index (χ1n) is 21.1. The molecule has 0 bridgehead atoms. The number of para-hydroxylation sites is 1. The molecule has 0 saturated heterocycles. The van der Waals surface area contributed by atoms with Gasteiger partial charge in [-0.05, 0) is 111 Å². The minimum absolute atomic E-state index is 0.455. The maximum atomic E-state index is 9.00. The van der Waals surface area contributed by atoms with Crippen LogP contribution in [0.15, 0.2) is 231 Å². The van der Waals surface area contributed by atoms with E-state index in [-0.39, 0.29) is 0 Å². The SMILES string of the molecule is N=C(/C=C(\NCn1c2ccc(-c3ccccc3)cc2c2cc(-c3ccc4c(c3)c3cc(-c5ccccc5)ccc3n4-c3ccccc3)ccc21)c1ccccc1)c1ccccc1. The number of nitrogens with zero attached hydrogens (tertiary/aromatic N) is 2. The van der Waals surface area contributed by atoms with Crippen LogP contribution in [0.5, 0.6) is 0 Å². The highest BCUT2D eigenvalue weighted by molar-refractivity contribution is 6.14. The van der Waals surface area contributed by atoms with Crippen LogP contribution in [0.3, 0.4) is 0 Å². The first-order chi connectivity index (χ1) is 30.7. The molecule has 0 saturated carbocycles. The fraction of sp³-hybridized carbons (Fsp3) is 0.0172. The van der Waals surface area contributed by atoms with Gasteiger partial charge in [-0.15, -0.1) is 0 Å². The van der Waals surface area contributed by atoms with Crippen molar-refractivity contribution in [2.75, 3.05) is 0 Å². The van der Waals surface area contributed by atoms with Crippen molar-refractivity contribution in [1.29, 1.82) is 5.41 Å². The first-order valence-corrected chi connectivity index (χ1v) is 21.1. The molecule has 0 spiro atoms. The average Bonchev–Trinajstić information content (AvgIpc) is 3.84. The Morgan fingerprint density at radius 1 is 0.387 bits per heavy atom. The molecule has 2 heterocycles. The minimum Gasteiger partial charge on any atom is -0.367 e. The summed E-state index contributed by atoms with van der Waals surface area (Å²) in [6, 6.07) is 79.7. The van der Waals surface area contributed by atoms with Crippen molar-refractivity contribution in [2.24, 2.45) is 0 Å². The van der Waals surface area contributed by atoms with E-state index >= 15 is 0 Å². The second-order valence-electron chi connectivity index (χ2n) is 15.8. The quantitative estimate of drug-likeness (QED) is 0.133. The van der Waals surface area contributed by atoms with Gasteiger partial charge < -0.3 is 19.9 Å². The molecule has 0 radical (unpaired) electrons. The van der Waals surface area contributed by atoms with Crippen molar-refractivity contribution >= 4 is 55.0 Å². The molecular weight excluding hydrogens is 753 g/mol. The lowest BCUT2D eigenvalue weighted by atomic mass is 9.98. The van der Waals surface area contributed by atoms with Gasteiger partial charge in [0.25, 0.3) is 0 Å². The summed E-state index contributed by atoms with van der Waals surface area (Å²) in [5.41, 5.74) is 16.2. The normalized spacial score (nSPS) is 11.8. The molecule has 11 aromatic rings. The molecular formula is C58H42N4. The number of allylic oxidation sites excluding steroid dienone is 1. The summed E-state index contributed by atoms with van der Waals surface area (Å²) in [5.74, 6) is 0. The molecule has 0 amide bonds. The lowest BCUT2D eigenvalue weighted by Crippen LogP contribution is -2.18. The average molecular weight is 795 g/mol. The van der Waals surface area contributed by atoms with Crippen molar-refractivity contribution in [3.63, 3.8) is 0 Å². The summed E-state index contributed by atoms with van der Waals surface area (Å²) in [7, 11) is 0. The highest BCUT2D eigenvalue weighted by Crippen LogP contribution is 2.39. The zero-order valence-corrected chi connectivity index (χ0v) is 34.0. The van der Waals surface area contributed by atoms with E-state index < -0.39 is 0 Å². The highest BCUT2D eigenvalue weighted by atomic mass is 15.1. The molecule has 2 N–H and O–H groups in total. The van der Waals surface area contributed by atoms with Crippen LogP contribution in [0, 0.1) is 5.41 Å². The summed E-state index contributed by atoms with van der Waals surface area (Å²) < 4.78 is 4.76. The molecule has 0 atom stereocenters. The Morgan fingerprint density at radius 3 is 1.23 bits per heavy atom. The predicted molar refractivity (Wildman–Crippen MR) is 261 cm³/mol. The van der Waals surface area contributed by atoms with Crippen molar-refractivity contribution in [2.45, 2.75) is 6.67 Å². The highest BCUT2D eigenvalue weighted by Gasteiger charge is 2.17. The third kappa shape index (κ3) is 6.74. The van der Waals surface area contributed by atoms with Gasteiger partial charge in [-0.1, -0.05) is 164 Å². The van der Waals surface area contributed by atoms with Gasteiger partial charge in [-0.3, -0.25) is 0 Å². The minimum atomic E-state index is 0.455. The molecule has 9 aromatic carbocycles. The van der Waals surface area contributed by atoms with Gasteiger partial charge in [0.05, 0.1) is 34.4 Å². The number of nitrogens with one attached hydrogen (secondary N) is 2. The van der Waals surface area contributed by atoms with Crippen LogP contribution < -0.4 is 5.32 Å². The number of rotatable bonds is 10. The van der Waals surface area contributed by atoms with Gasteiger partial charge in [-0.2, -0.15) is 0 Å². The fourth-order valence-electron chi connectivity index (χ4n) is 9.00. The standard InChI is InChI=1S/C58H42N4/c59-53(42-20-10-3-11-21-42)38-54(43-22-12-4-13-23-43)60-39-61-55-30-26-44(40-16-6-1-7-17-40)34-49(55)50-36-46(27-31-56(50)61)47-29-33-58-52(37-47)51-35-45(41-18-8-2-9-19-41)28-32-57(51)62(58)48-24-14-5-15-25-48/h1-38,59-60H,39H2/b54-38-,59-53?. The van der Waals surface area contributed by atoms with E-state index in [2.05, 4.69) is 190 Å². The molecule has 0 aliphatic rings. The molecule has 0 aliphatic carbocycles. The number of hydrogen-bond acceptors (Lipinski definition) is 2. The Balaban J connectivity index is 1.05. The second kappa shape index (κ2) is 15.8. The van der Waals surface area contributed by atoms with Gasteiger partial charge in [0.1, 0.15) is 0 Å². The Bertz CT molecular complexity index is 3440. The zero-order chi connectivity index (χ0) is 41.4. The predicted octanol–water partition coefficient (Wildman–Crippen LogP) is 14.5. The van der Waals surface area contributed by atoms with Gasteiger partial charge in [0.2, 0.25) is 0 Å². The van der Waals surface area contributed by atoms with Crippen LogP contribution in [0.2, 0.25) is 0 Å². The Kier molecular flexibility index (Phi) is 9.36. The summed E-state index contributed by atoms with van der Waals surface area (Å²) >= 11 is 0. The van der Waals surface area contributed by atoms with Crippen LogP contribution >= 0.6 is 0 Å². The first kappa shape index (κ1) is 36.8. The molecule has 0 fully saturated rings. The number of fused-ring (bicyclic) bond motifs is 6. The van der Waals surface area contributed by atoms with Gasteiger partial charge in [0.15, 0.2) is 0 Å². The Morgan fingerprint density at radius 2 is 0.758 bits per heavy atom. The van der Waals surface area contributed by atoms with E-state index in [4.69, 9.17) is 5.41 Å². The molecule has 294 valence electrons. The third-order valence-corrected chi connectivity index (χ3v) is 12.1. The molecule has 0 aliphatic heterocycles. The van der Waals surface area contributed by atoms with E-state index in [1.807, 2.05) is 54.6 Å². The van der Waals surface area contributed by atoms with Crippen molar-refractivity contribution in [1.82, 2.24) is 14.5 Å². The van der Waals surface area contributed by atoms with Gasteiger partial charge >= 0.3 is 0 Å². The molecule has 11 rings (SSSR count). The van der Waals surface area contributed by atoms with Crippen LogP contribution in [0.4, 0.5) is 0 Å². The Labute approximate surface area is 360 Å². The molecule has 4 heteroatoms. The number of hydrogen-bond donors (Lipinski definition) is 2. The molecule has 0 unspecified atom stereocenters. The van der Waals surface area contributed by atoms with E-state index in [0.29, 0.717) is 12.4 Å².